The van der Waals surface area contributed by atoms with E-state index in [0.29, 0.717) is 5.75 Å². The minimum absolute atomic E-state index is 0.0109. The summed E-state index contributed by atoms with van der Waals surface area (Å²) in [6, 6.07) is 8.65. The molecule has 2 aliphatic rings. The molecule has 28 heavy (non-hydrogen) atoms. The topological polar surface area (TPSA) is 73.9 Å². The van der Waals surface area contributed by atoms with Gasteiger partial charge >= 0.3 is 16.5 Å². The molecule has 0 amide bonds. The summed E-state index contributed by atoms with van der Waals surface area (Å²) in [6.07, 6.45) is -3.91. The zero-order chi connectivity index (χ0) is 19.9. The molecule has 2 unspecified atom stereocenters. The van der Waals surface area contributed by atoms with Crippen LogP contribution in [0.3, 0.4) is 0 Å². The molecule has 150 valence electrons. The van der Waals surface area contributed by atoms with Gasteiger partial charge in [-0.05, 0) is 43.3 Å². The summed E-state index contributed by atoms with van der Waals surface area (Å²) in [5.41, 5.74) is 1.02. The summed E-state index contributed by atoms with van der Waals surface area (Å²) in [6.45, 7) is 1.62. The molecule has 0 aromatic heterocycles. The van der Waals surface area contributed by atoms with Gasteiger partial charge in [-0.3, -0.25) is 0 Å². The maximum absolute atomic E-state index is 12.4. The van der Waals surface area contributed by atoms with Crippen LogP contribution in [0.25, 0.3) is 0 Å². The molecule has 4 rings (SSSR count). The van der Waals surface area contributed by atoms with Crippen LogP contribution in [0, 0.1) is 0 Å². The summed E-state index contributed by atoms with van der Waals surface area (Å²) in [7, 11) is -4.22. The Labute approximate surface area is 159 Å². The first kappa shape index (κ1) is 18.9. The fraction of sp³-hybridized carbons (Fsp3) is 0.333. The van der Waals surface area contributed by atoms with E-state index in [0.717, 1.165) is 49.3 Å². The molecular weight excluding hydrogens is 399 g/mol. The molecule has 2 aliphatic heterocycles. The highest BCUT2D eigenvalue weighted by molar-refractivity contribution is 7.87. The SMILES string of the molecule is O=S(=O)(Oc1ccc2c(c1)OC1CNCCC21)c1ccc(OC(F)(F)F)cc1. The number of fused-ring (bicyclic) bond motifs is 3. The molecule has 1 N–H and O–H groups in total. The lowest BCUT2D eigenvalue weighted by Crippen LogP contribution is -2.39. The number of ether oxygens (including phenoxy) is 2. The maximum Gasteiger partial charge on any atom is 0.573 e. The highest BCUT2D eigenvalue weighted by Crippen LogP contribution is 2.43. The van der Waals surface area contributed by atoms with E-state index in [2.05, 4.69) is 10.1 Å². The summed E-state index contributed by atoms with van der Waals surface area (Å²) >= 11 is 0. The van der Waals surface area contributed by atoms with Crippen LogP contribution in [-0.2, 0) is 10.1 Å². The number of piperidine rings is 1. The Morgan fingerprint density at radius 1 is 1.07 bits per heavy atom. The second kappa shape index (κ2) is 6.85. The molecule has 0 radical (unpaired) electrons. The quantitative estimate of drug-likeness (QED) is 0.774. The van der Waals surface area contributed by atoms with E-state index in [1.165, 1.54) is 6.07 Å². The summed E-state index contributed by atoms with van der Waals surface area (Å²) in [5, 5.41) is 3.25. The first-order chi connectivity index (χ1) is 13.2. The van der Waals surface area contributed by atoms with Crippen LogP contribution in [0.2, 0.25) is 0 Å². The van der Waals surface area contributed by atoms with Crippen molar-refractivity contribution in [3.63, 3.8) is 0 Å². The van der Waals surface area contributed by atoms with E-state index in [4.69, 9.17) is 8.92 Å². The third-order valence-electron chi connectivity index (χ3n) is 4.64. The minimum atomic E-state index is -4.85. The number of nitrogens with one attached hydrogen (secondary N) is 1. The Morgan fingerprint density at radius 2 is 1.79 bits per heavy atom. The normalized spacial score (nSPS) is 21.4. The van der Waals surface area contributed by atoms with Gasteiger partial charge in [-0.2, -0.15) is 8.42 Å². The van der Waals surface area contributed by atoms with E-state index >= 15 is 0 Å². The summed E-state index contributed by atoms with van der Waals surface area (Å²) in [5.74, 6) is 0.401. The number of rotatable bonds is 4. The third kappa shape index (κ3) is 3.88. The first-order valence-electron chi connectivity index (χ1n) is 8.53. The van der Waals surface area contributed by atoms with Crippen molar-refractivity contribution < 1.29 is 35.2 Å². The van der Waals surface area contributed by atoms with Crippen molar-refractivity contribution >= 4 is 10.1 Å². The molecule has 0 aliphatic carbocycles. The fourth-order valence-corrected chi connectivity index (χ4v) is 4.35. The van der Waals surface area contributed by atoms with Crippen molar-refractivity contribution in [2.45, 2.75) is 29.7 Å². The molecule has 2 atom stereocenters. The minimum Gasteiger partial charge on any atom is -0.488 e. The zero-order valence-corrected chi connectivity index (χ0v) is 15.2. The molecule has 6 nitrogen and oxygen atoms in total. The summed E-state index contributed by atoms with van der Waals surface area (Å²) in [4.78, 5) is -0.290. The molecular formula is C18H16F3NO5S. The van der Waals surface area contributed by atoms with Crippen molar-refractivity contribution in [3.05, 3.63) is 48.0 Å². The highest BCUT2D eigenvalue weighted by Gasteiger charge is 2.36. The molecule has 2 aromatic carbocycles. The standard InChI is InChI=1S/C18H16F3NO5S/c19-18(20,21)26-11-1-4-13(5-2-11)28(23,24)27-12-3-6-14-15-7-8-22-10-17(15)25-16(14)9-12/h1-6,9,15,17,22H,7-8,10H2. The van der Waals surface area contributed by atoms with Crippen molar-refractivity contribution in [1.29, 1.82) is 0 Å². The zero-order valence-electron chi connectivity index (χ0n) is 14.4. The molecule has 0 spiro atoms. The molecule has 0 saturated carbocycles. The van der Waals surface area contributed by atoms with Gasteiger partial charge in [0.1, 0.15) is 28.2 Å². The summed E-state index contributed by atoms with van der Waals surface area (Å²) < 4.78 is 76.2. The van der Waals surface area contributed by atoms with E-state index in [-0.39, 0.29) is 22.7 Å². The van der Waals surface area contributed by atoms with E-state index in [1.54, 1.807) is 12.1 Å². The molecule has 10 heteroatoms. The number of alkyl halides is 3. The van der Waals surface area contributed by atoms with Crippen LogP contribution in [0.5, 0.6) is 17.2 Å². The number of halogens is 3. The van der Waals surface area contributed by atoms with Crippen LogP contribution in [0.15, 0.2) is 47.4 Å². The highest BCUT2D eigenvalue weighted by atomic mass is 32.2. The maximum atomic E-state index is 12.4. The van der Waals surface area contributed by atoms with Gasteiger partial charge in [0.15, 0.2) is 0 Å². The van der Waals surface area contributed by atoms with Gasteiger partial charge in [0, 0.05) is 24.1 Å². The van der Waals surface area contributed by atoms with Crippen molar-refractivity contribution in [1.82, 2.24) is 5.32 Å². The predicted molar refractivity (Wildman–Crippen MR) is 92.0 cm³/mol. The van der Waals surface area contributed by atoms with Crippen molar-refractivity contribution in [2.24, 2.45) is 0 Å². The third-order valence-corrected chi connectivity index (χ3v) is 5.90. The van der Waals surface area contributed by atoms with Gasteiger partial charge in [-0.15, -0.1) is 13.2 Å². The molecule has 1 fully saturated rings. The fourth-order valence-electron chi connectivity index (χ4n) is 3.43. The smallest absolute Gasteiger partial charge is 0.488 e. The van der Waals surface area contributed by atoms with Crippen LogP contribution >= 0.6 is 0 Å². The Hall–Kier alpha value is -2.46. The first-order valence-corrected chi connectivity index (χ1v) is 9.94. The van der Waals surface area contributed by atoms with Crippen LogP contribution in [-0.4, -0.2) is 34.0 Å². The van der Waals surface area contributed by atoms with Crippen LogP contribution < -0.4 is 19.0 Å². The Kier molecular flexibility index (Phi) is 4.62. The van der Waals surface area contributed by atoms with Crippen molar-refractivity contribution in [3.8, 4) is 17.2 Å². The number of hydrogen-bond acceptors (Lipinski definition) is 6. The lowest BCUT2D eigenvalue weighted by Gasteiger charge is -2.24. The average molecular weight is 415 g/mol. The molecule has 2 aromatic rings. The van der Waals surface area contributed by atoms with E-state index in [1.807, 2.05) is 0 Å². The number of benzene rings is 2. The lowest BCUT2D eigenvalue weighted by atomic mass is 9.90. The van der Waals surface area contributed by atoms with Gasteiger partial charge < -0.3 is 19.0 Å². The Bertz CT molecular complexity index is 976. The monoisotopic (exact) mass is 415 g/mol. The van der Waals surface area contributed by atoms with Crippen LogP contribution in [0.4, 0.5) is 13.2 Å². The molecule has 0 bridgehead atoms. The van der Waals surface area contributed by atoms with Gasteiger partial charge in [-0.1, -0.05) is 6.07 Å². The average Bonchev–Trinajstić information content (AvgIpc) is 2.98. The predicted octanol–water partition coefficient (Wildman–Crippen LogP) is 3.19. The van der Waals surface area contributed by atoms with Crippen LogP contribution in [0.1, 0.15) is 17.9 Å². The largest absolute Gasteiger partial charge is 0.573 e. The lowest BCUT2D eigenvalue weighted by molar-refractivity contribution is -0.274. The number of hydrogen-bond donors (Lipinski definition) is 1. The van der Waals surface area contributed by atoms with Gasteiger partial charge in [-0.25, -0.2) is 0 Å². The van der Waals surface area contributed by atoms with Gasteiger partial charge in [0.2, 0.25) is 0 Å². The van der Waals surface area contributed by atoms with E-state index < -0.39 is 22.2 Å². The molecule has 2 heterocycles. The molecule has 1 saturated heterocycles. The Morgan fingerprint density at radius 3 is 2.50 bits per heavy atom. The van der Waals surface area contributed by atoms with Gasteiger partial charge in [0.25, 0.3) is 0 Å². The second-order valence-corrected chi connectivity index (χ2v) is 8.06. The van der Waals surface area contributed by atoms with Crippen molar-refractivity contribution in [2.75, 3.05) is 13.1 Å². The van der Waals surface area contributed by atoms with E-state index in [9.17, 15) is 21.6 Å². The van der Waals surface area contributed by atoms with Gasteiger partial charge in [0.05, 0.1) is 0 Å². The second-order valence-electron chi connectivity index (χ2n) is 6.51. The Balaban J connectivity index is 1.51.